The smallest absolute Gasteiger partial charge is 0.136 e. The first-order valence-corrected chi connectivity index (χ1v) is 7.63. The highest BCUT2D eigenvalue weighted by Crippen LogP contribution is 2.22. The van der Waals surface area contributed by atoms with Crippen LogP contribution in [0.3, 0.4) is 0 Å². The summed E-state index contributed by atoms with van der Waals surface area (Å²) in [4.78, 5) is 12.2. The summed E-state index contributed by atoms with van der Waals surface area (Å²) in [5.74, 6) is 0.727. The SMILES string of the molecule is CCCCC(CCC)C(=O)CCC(C)(C)OCC. The number of carbonyl (C=O) groups excluding carboxylic acids is 1. The van der Waals surface area contributed by atoms with Crippen molar-refractivity contribution >= 4 is 5.78 Å². The number of ketones is 1. The van der Waals surface area contributed by atoms with Crippen LogP contribution in [0.4, 0.5) is 0 Å². The number of unbranched alkanes of at least 4 members (excludes halogenated alkanes) is 1. The molecule has 1 unspecified atom stereocenters. The molecule has 0 aromatic rings. The van der Waals surface area contributed by atoms with Gasteiger partial charge < -0.3 is 4.74 Å². The Hall–Kier alpha value is -0.370. The Labute approximate surface area is 113 Å². The van der Waals surface area contributed by atoms with Crippen LogP contribution in [-0.4, -0.2) is 18.0 Å². The van der Waals surface area contributed by atoms with Crippen LogP contribution >= 0.6 is 0 Å². The third-order valence-corrected chi connectivity index (χ3v) is 3.51. The van der Waals surface area contributed by atoms with Crippen LogP contribution in [0, 0.1) is 5.92 Å². The number of rotatable bonds is 11. The summed E-state index contributed by atoms with van der Waals surface area (Å²) >= 11 is 0. The normalized spacial score (nSPS) is 13.6. The van der Waals surface area contributed by atoms with E-state index in [4.69, 9.17) is 4.74 Å². The number of carbonyl (C=O) groups is 1. The van der Waals surface area contributed by atoms with Crippen molar-refractivity contribution in [2.75, 3.05) is 6.61 Å². The van der Waals surface area contributed by atoms with Crippen LogP contribution in [0.2, 0.25) is 0 Å². The molecule has 0 saturated carbocycles. The van der Waals surface area contributed by atoms with Gasteiger partial charge in [-0.1, -0.05) is 33.1 Å². The molecule has 0 saturated heterocycles. The van der Waals surface area contributed by atoms with Crippen molar-refractivity contribution in [3.8, 4) is 0 Å². The van der Waals surface area contributed by atoms with Crippen molar-refractivity contribution in [1.29, 1.82) is 0 Å². The molecule has 0 bridgehead atoms. The minimum absolute atomic E-state index is 0.161. The van der Waals surface area contributed by atoms with E-state index in [1.165, 1.54) is 12.8 Å². The molecule has 0 amide bonds. The summed E-state index contributed by atoms with van der Waals surface area (Å²) in [6.45, 7) is 11.2. The average Bonchev–Trinajstić information content (AvgIpc) is 2.31. The zero-order chi connectivity index (χ0) is 14.0. The molecule has 108 valence electrons. The Morgan fingerprint density at radius 1 is 1.11 bits per heavy atom. The molecular formula is C16H32O2. The fraction of sp³-hybridized carbons (Fsp3) is 0.938. The molecule has 18 heavy (non-hydrogen) atoms. The summed E-state index contributed by atoms with van der Waals surface area (Å²) in [6, 6.07) is 0. The summed E-state index contributed by atoms with van der Waals surface area (Å²) < 4.78 is 5.65. The van der Waals surface area contributed by atoms with E-state index >= 15 is 0 Å². The lowest BCUT2D eigenvalue weighted by Gasteiger charge is -2.25. The zero-order valence-electron chi connectivity index (χ0n) is 13.1. The van der Waals surface area contributed by atoms with Crippen LogP contribution in [0.15, 0.2) is 0 Å². The molecule has 0 radical (unpaired) electrons. The summed E-state index contributed by atoms with van der Waals surface area (Å²) in [5, 5.41) is 0. The number of hydrogen-bond acceptors (Lipinski definition) is 2. The molecule has 0 spiro atoms. The third kappa shape index (κ3) is 7.86. The number of Topliss-reactive ketones (excluding diaryl/α,β-unsaturated/α-hetero) is 1. The van der Waals surface area contributed by atoms with Crippen LogP contribution in [-0.2, 0) is 9.53 Å². The van der Waals surface area contributed by atoms with Gasteiger partial charge in [0.2, 0.25) is 0 Å². The maximum Gasteiger partial charge on any atom is 0.136 e. The fourth-order valence-corrected chi connectivity index (χ4v) is 2.36. The largest absolute Gasteiger partial charge is 0.376 e. The van der Waals surface area contributed by atoms with Gasteiger partial charge in [0.1, 0.15) is 5.78 Å². The zero-order valence-corrected chi connectivity index (χ0v) is 13.1. The van der Waals surface area contributed by atoms with Crippen molar-refractivity contribution in [2.45, 2.75) is 85.2 Å². The van der Waals surface area contributed by atoms with E-state index in [0.29, 0.717) is 12.2 Å². The van der Waals surface area contributed by atoms with Crippen molar-refractivity contribution in [3.05, 3.63) is 0 Å². The molecule has 2 heteroatoms. The highest BCUT2D eigenvalue weighted by atomic mass is 16.5. The number of hydrogen-bond donors (Lipinski definition) is 0. The van der Waals surface area contributed by atoms with Gasteiger partial charge in [-0.25, -0.2) is 0 Å². The molecule has 0 aliphatic carbocycles. The van der Waals surface area contributed by atoms with Gasteiger partial charge in [-0.2, -0.15) is 0 Å². The third-order valence-electron chi connectivity index (χ3n) is 3.51. The molecule has 0 aromatic carbocycles. The molecule has 0 heterocycles. The highest BCUT2D eigenvalue weighted by molar-refractivity contribution is 5.81. The van der Waals surface area contributed by atoms with Crippen molar-refractivity contribution in [1.82, 2.24) is 0 Å². The van der Waals surface area contributed by atoms with Gasteiger partial charge in [-0.3, -0.25) is 4.79 Å². The Morgan fingerprint density at radius 3 is 2.28 bits per heavy atom. The molecule has 0 aliphatic heterocycles. The van der Waals surface area contributed by atoms with Crippen molar-refractivity contribution in [2.24, 2.45) is 5.92 Å². The molecule has 0 N–H and O–H groups in total. The van der Waals surface area contributed by atoms with E-state index in [-0.39, 0.29) is 11.5 Å². The maximum atomic E-state index is 12.2. The Bertz CT molecular complexity index is 221. The molecule has 0 rings (SSSR count). The predicted molar refractivity (Wildman–Crippen MR) is 77.9 cm³/mol. The Balaban J connectivity index is 4.16. The molecule has 2 nitrogen and oxygen atoms in total. The second kappa shape index (κ2) is 9.55. The van der Waals surface area contributed by atoms with Crippen LogP contribution in [0.1, 0.15) is 79.6 Å². The van der Waals surface area contributed by atoms with Crippen LogP contribution in [0.5, 0.6) is 0 Å². The van der Waals surface area contributed by atoms with E-state index in [0.717, 1.165) is 32.3 Å². The Kier molecular flexibility index (Phi) is 9.35. The van der Waals surface area contributed by atoms with E-state index in [9.17, 15) is 4.79 Å². The molecule has 1 atom stereocenters. The van der Waals surface area contributed by atoms with Gasteiger partial charge in [-0.05, 0) is 40.0 Å². The molecule has 0 aliphatic rings. The lowest BCUT2D eigenvalue weighted by atomic mass is 9.88. The Morgan fingerprint density at radius 2 is 1.78 bits per heavy atom. The maximum absolute atomic E-state index is 12.2. The van der Waals surface area contributed by atoms with Crippen molar-refractivity contribution in [3.63, 3.8) is 0 Å². The number of ether oxygens (including phenoxy) is 1. The van der Waals surface area contributed by atoms with Gasteiger partial charge >= 0.3 is 0 Å². The predicted octanol–water partition coefficient (Wildman–Crippen LogP) is 4.76. The van der Waals surface area contributed by atoms with E-state index in [1.807, 2.05) is 6.92 Å². The first-order chi connectivity index (χ1) is 8.46. The lowest BCUT2D eigenvalue weighted by Crippen LogP contribution is -2.26. The van der Waals surface area contributed by atoms with Gasteiger partial charge in [0.15, 0.2) is 0 Å². The highest BCUT2D eigenvalue weighted by Gasteiger charge is 2.22. The monoisotopic (exact) mass is 256 g/mol. The fourth-order valence-electron chi connectivity index (χ4n) is 2.36. The minimum atomic E-state index is -0.161. The lowest BCUT2D eigenvalue weighted by molar-refractivity contribution is -0.125. The van der Waals surface area contributed by atoms with Gasteiger partial charge in [0.25, 0.3) is 0 Å². The second-order valence-corrected chi connectivity index (χ2v) is 5.79. The minimum Gasteiger partial charge on any atom is -0.376 e. The van der Waals surface area contributed by atoms with E-state index in [1.54, 1.807) is 0 Å². The van der Waals surface area contributed by atoms with Crippen LogP contribution < -0.4 is 0 Å². The summed E-state index contributed by atoms with van der Waals surface area (Å²) in [5.41, 5.74) is -0.161. The van der Waals surface area contributed by atoms with Gasteiger partial charge in [-0.15, -0.1) is 0 Å². The van der Waals surface area contributed by atoms with Gasteiger partial charge in [0.05, 0.1) is 5.60 Å². The molecule has 0 fully saturated rings. The van der Waals surface area contributed by atoms with E-state index < -0.39 is 0 Å². The topological polar surface area (TPSA) is 26.3 Å². The molecular weight excluding hydrogens is 224 g/mol. The van der Waals surface area contributed by atoms with Gasteiger partial charge in [0, 0.05) is 18.9 Å². The summed E-state index contributed by atoms with van der Waals surface area (Å²) in [6.07, 6.45) is 7.08. The second-order valence-electron chi connectivity index (χ2n) is 5.79. The van der Waals surface area contributed by atoms with Crippen molar-refractivity contribution < 1.29 is 9.53 Å². The first-order valence-electron chi connectivity index (χ1n) is 7.63. The van der Waals surface area contributed by atoms with E-state index in [2.05, 4.69) is 27.7 Å². The average molecular weight is 256 g/mol. The molecule has 0 aromatic heterocycles. The van der Waals surface area contributed by atoms with Crippen LogP contribution in [0.25, 0.3) is 0 Å². The first kappa shape index (κ1) is 17.6. The summed E-state index contributed by atoms with van der Waals surface area (Å²) in [7, 11) is 0. The quantitative estimate of drug-likeness (QED) is 0.533. The standard InChI is InChI=1S/C16H32O2/c1-6-9-11-14(10-7-2)15(17)12-13-16(4,5)18-8-3/h14H,6-13H2,1-5H3.